The summed E-state index contributed by atoms with van der Waals surface area (Å²) in [5, 5.41) is 0. The van der Waals surface area contributed by atoms with Crippen molar-refractivity contribution < 1.29 is 9.31 Å². The molecule has 0 bridgehead atoms. The van der Waals surface area contributed by atoms with Crippen LogP contribution in [0.5, 0.6) is 0 Å². The lowest BCUT2D eigenvalue weighted by molar-refractivity contribution is 0.00578. The van der Waals surface area contributed by atoms with Crippen LogP contribution in [-0.2, 0) is 9.31 Å². The highest BCUT2D eigenvalue weighted by molar-refractivity contribution is 6.47. The van der Waals surface area contributed by atoms with Gasteiger partial charge in [0.05, 0.1) is 11.2 Å². The average Bonchev–Trinajstić information content (AvgIpc) is 2.20. The Hall–Kier alpha value is 0.235. The van der Waals surface area contributed by atoms with Gasteiger partial charge in [0, 0.05) is 5.94 Å². The number of nitrogens with two attached hydrogens (primary N) is 1. The summed E-state index contributed by atoms with van der Waals surface area (Å²) in [5.41, 5.74) is 5.35. The van der Waals surface area contributed by atoms with Gasteiger partial charge in [0.2, 0.25) is 0 Å². The maximum absolute atomic E-state index is 5.87. The summed E-state index contributed by atoms with van der Waals surface area (Å²) in [6.07, 6.45) is 0.872. The first-order valence-corrected chi connectivity index (χ1v) is 4.91. The van der Waals surface area contributed by atoms with E-state index in [4.69, 9.17) is 15.0 Å². The van der Waals surface area contributed by atoms with Gasteiger partial charge in [-0.15, -0.1) is 12.4 Å². The fourth-order valence-electron chi connectivity index (χ4n) is 1.26. The Morgan fingerprint density at radius 2 is 1.50 bits per heavy atom. The predicted molar refractivity (Wildman–Crippen MR) is 61.6 cm³/mol. The van der Waals surface area contributed by atoms with Gasteiger partial charge in [-0.3, -0.25) is 0 Å². The van der Waals surface area contributed by atoms with E-state index in [1.165, 1.54) is 0 Å². The number of hydrogen-bond acceptors (Lipinski definition) is 3. The molecule has 0 unspecified atom stereocenters. The van der Waals surface area contributed by atoms with Crippen molar-refractivity contribution in [2.24, 2.45) is 5.73 Å². The Kier molecular flexibility index (Phi) is 4.47. The maximum atomic E-state index is 5.87. The smallest absolute Gasteiger partial charge is 0.402 e. The van der Waals surface area contributed by atoms with Gasteiger partial charge < -0.3 is 15.0 Å². The van der Waals surface area contributed by atoms with Gasteiger partial charge >= 0.3 is 7.12 Å². The van der Waals surface area contributed by atoms with Gasteiger partial charge in [-0.25, -0.2) is 0 Å². The second-order valence-electron chi connectivity index (χ2n) is 4.70. The van der Waals surface area contributed by atoms with Crippen LogP contribution in [0.4, 0.5) is 0 Å². The van der Waals surface area contributed by atoms with E-state index in [0.29, 0.717) is 0 Å². The molecule has 1 aliphatic rings. The van der Waals surface area contributed by atoms with E-state index in [2.05, 4.69) is 0 Å². The second-order valence-corrected chi connectivity index (χ2v) is 4.70. The Balaban J connectivity index is 0.00000169. The van der Waals surface area contributed by atoms with E-state index in [1.54, 1.807) is 0 Å². The SMILES string of the molecule is CC[C@H](N)B1OC(C)(C)C(C)(C)O1.Cl. The first-order chi connectivity index (χ1) is 5.80. The van der Waals surface area contributed by atoms with Gasteiger partial charge in [0.25, 0.3) is 0 Å². The lowest BCUT2D eigenvalue weighted by atomic mass is 9.77. The molecule has 2 N–H and O–H groups in total. The molecule has 0 aromatic carbocycles. The molecule has 1 heterocycles. The van der Waals surface area contributed by atoms with Gasteiger partial charge in [-0.1, -0.05) is 6.92 Å². The summed E-state index contributed by atoms with van der Waals surface area (Å²) in [5.74, 6) is -0.0268. The normalized spacial score (nSPS) is 25.7. The third kappa shape index (κ3) is 2.43. The Labute approximate surface area is 93.3 Å². The first-order valence-electron chi connectivity index (χ1n) is 4.91. The zero-order valence-electron chi connectivity index (χ0n) is 9.66. The molecule has 0 aromatic heterocycles. The zero-order chi connectivity index (χ0) is 10.3. The van der Waals surface area contributed by atoms with Gasteiger partial charge in [-0.2, -0.15) is 0 Å². The summed E-state index contributed by atoms with van der Waals surface area (Å²) in [4.78, 5) is 0. The molecule has 5 heteroatoms. The van der Waals surface area contributed by atoms with E-state index >= 15 is 0 Å². The molecule has 1 aliphatic heterocycles. The molecule has 0 aliphatic carbocycles. The quantitative estimate of drug-likeness (QED) is 0.723. The Morgan fingerprint density at radius 1 is 1.14 bits per heavy atom. The average molecular weight is 222 g/mol. The fourth-order valence-corrected chi connectivity index (χ4v) is 1.26. The van der Waals surface area contributed by atoms with Crippen molar-refractivity contribution in [1.82, 2.24) is 0 Å². The van der Waals surface area contributed by atoms with Crippen molar-refractivity contribution in [2.75, 3.05) is 0 Å². The lowest BCUT2D eigenvalue weighted by Gasteiger charge is -2.32. The third-order valence-electron chi connectivity index (χ3n) is 3.09. The van der Waals surface area contributed by atoms with E-state index in [0.717, 1.165) is 6.42 Å². The molecule has 1 fully saturated rings. The summed E-state index contributed by atoms with van der Waals surface area (Å²) in [6.45, 7) is 10.2. The Bertz CT molecular complexity index is 183. The highest BCUT2D eigenvalue weighted by Crippen LogP contribution is 2.37. The van der Waals surface area contributed by atoms with E-state index in [9.17, 15) is 0 Å². The summed E-state index contributed by atoms with van der Waals surface area (Å²) in [7, 11) is -0.255. The van der Waals surface area contributed by atoms with Crippen LogP contribution in [0.15, 0.2) is 0 Å². The van der Waals surface area contributed by atoms with Gasteiger partial charge in [-0.05, 0) is 34.1 Å². The summed E-state index contributed by atoms with van der Waals surface area (Å²) in [6, 6.07) is 0. The van der Waals surface area contributed by atoms with E-state index in [1.807, 2.05) is 34.6 Å². The van der Waals surface area contributed by atoms with Crippen LogP contribution in [0.3, 0.4) is 0 Å². The first kappa shape index (κ1) is 14.2. The van der Waals surface area contributed by atoms with Crippen LogP contribution in [0.2, 0.25) is 0 Å². The van der Waals surface area contributed by atoms with Crippen LogP contribution < -0.4 is 5.73 Å². The summed E-state index contributed by atoms with van der Waals surface area (Å²) < 4.78 is 11.5. The second kappa shape index (κ2) is 4.39. The molecule has 0 radical (unpaired) electrons. The zero-order valence-corrected chi connectivity index (χ0v) is 10.5. The number of halogens is 1. The topological polar surface area (TPSA) is 44.5 Å². The molecular weight excluding hydrogens is 200 g/mol. The molecule has 3 nitrogen and oxygen atoms in total. The standard InChI is InChI=1S/C9H20BNO2.ClH/c1-6-7(11)10-12-8(2,3)9(4,5)13-10;/h7H,6,11H2,1-5H3;1H/t7-;/m0./s1. The molecule has 0 saturated carbocycles. The highest BCUT2D eigenvalue weighted by Gasteiger charge is 2.52. The molecule has 84 valence electrons. The predicted octanol–water partition coefficient (Wildman–Crippen LogP) is 1.78. The van der Waals surface area contributed by atoms with Crippen LogP contribution in [0, 0.1) is 0 Å². The molecule has 1 atom stereocenters. The van der Waals surface area contributed by atoms with Crippen molar-refractivity contribution in [3.05, 3.63) is 0 Å². The van der Waals surface area contributed by atoms with Crippen molar-refractivity contribution in [1.29, 1.82) is 0 Å². The summed E-state index contributed by atoms with van der Waals surface area (Å²) >= 11 is 0. The minimum atomic E-state index is -0.259. The van der Waals surface area contributed by atoms with Crippen LogP contribution in [-0.4, -0.2) is 24.3 Å². The molecule has 14 heavy (non-hydrogen) atoms. The van der Waals surface area contributed by atoms with Crippen LogP contribution in [0.1, 0.15) is 41.0 Å². The molecule has 0 aromatic rings. The molecule has 0 amide bonds. The van der Waals surface area contributed by atoms with Crippen LogP contribution >= 0.6 is 12.4 Å². The minimum absolute atomic E-state index is 0. The monoisotopic (exact) mass is 221 g/mol. The largest absolute Gasteiger partial charge is 0.475 e. The highest BCUT2D eigenvalue weighted by atomic mass is 35.5. The van der Waals surface area contributed by atoms with E-state index in [-0.39, 0.29) is 36.7 Å². The fraction of sp³-hybridized carbons (Fsp3) is 1.00. The molecular formula is C9H21BClNO2. The molecule has 1 saturated heterocycles. The Morgan fingerprint density at radius 3 is 1.79 bits per heavy atom. The van der Waals surface area contributed by atoms with Crippen LogP contribution in [0.25, 0.3) is 0 Å². The number of hydrogen-bond donors (Lipinski definition) is 1. The maximum Gasteiger partial charge on any atom is 0.475 e. The van der Waals surface area contributed by atoms with E-state index < -0.39 is 0 Å². The van der Waals surface area contributed by atoms with Gasteiger partial charge in [0.1, 0.15) is 0 Å². The lowest BCUT2D eigenvalue weighted by Crippen LogP contribution is -2.41. The van der Waals surface area contributed by atoms with Crippen molar-refractivity contribution >= 4 is 19.5 Å². The van der Waals surface area contributed by atoms with Crippen molar-refractivity contribution in [3.63, 3.8) is 0 Å². The number of rotatable bonds is 2. The van der Waals surface area contributed by atoms with Crippen molar-refractivity contribution in [2.45, 2.75) is 58.2 Å². The minimum Gasteiger partial charge on any atom is -0.402 e. The van der Waals surface area contributed by atoms with Crippen molar-refractivity contribution in [3.8, 4) is 0 Å². The molecule has 1 rings (SSSR count). The third-order valence-corrected chi connectivity index (χ3v) is 3.09. The van der Waals surface area contributed by atoms with Gasteiger partial charge in [0.15, 0.2) is 0 Å². The molecule has 0 spiro atoms.